The number of hydrogen-bond donors (Lipinski definition) is 0. The van der Waals surface area contributed by atoms with Gasteiger partial charge in [0.25, 0.3) is 5.91 Å². The van der Waals surface area contributed by atoms with Crippen LogP contribution in [0.4, 0.5) is 5.69 Å². The molecule has 0 radical (unpaired) electrons. The van der Waals surface area contributed by atoms with Gasteiger partial charge in [0.2, 0.25) is 15.9 Å². The van der Waals surface area contributed by atoms with Crippen LogP contribution in [0, 0.1) is 6.92 Å². The van der Waals surface area contributed by atoms with Crippen molar-refractivity contribution in [2.24, 2.45) is 0 Å². The minimum atomic E-state index is -3.94. The summed E-state index contributed by atoms with van der Waals surface area (Å²) in [6, 6.07) is 11.7. The lowest BCUT2D eigenvalue weighted by Gasteiger charge is -2.32. The van der Waals surface area contributed by atoms with E-state index in [9.17, 15) is 18.0 Å². The second kappa shape index (κ2) is 8.13. The smallest absolute Gasteiger partial charge is 0.252 e. The van der Waals surface area contributed by atoms with Crippen LogP contribution in [0.25, 0.3) is 0 Å². The second-order valence-corrected chi connectivity index (χ2v) is 10.1. The fraction of sp³-hybridized carbons (Fsp3) is 0.364. The first-order valence-corrected chi connectivity index (χ1v) is 11.8. The number of imide groups is 1. The molecule has 1 aliphatic carbocycles. The number of nitrogens with zero attached hydrogens (tertiary/aromatic N) is 2. The highest BCUT2D eigenvalue weighted by atomic mass is 35.5. The average molecular weight is 447 g/mol. The molecule has 0 N–H and O–H groups in total. The molecule has 2 aliphatic rings. The Morgan fingerprint density at radius 3 is 2.17 bits per heavy atom. The summed E-state index contributed by atoms with van der Waals surface area (Å²) in [6.45, 7) is 1.88. The Bertz CT molecular complexity index is 1060. The maximum atomic E-state index is 13.6. The Kier molecular flexibility index (Phi) is 5.70. The van der Waals surface area contributed by atoms with Crippen LogP contribution in [0.5, 0.6) is 0 Å². The third kappa shape index (κ3) is 3.77. The predicted molar refractivity (Wildman–Crippen MR) is 115 cm³/mol. The summed E-state index contributed by atoms with van der Waals surface area (Å²) in [4.78, 5) is 27.3. The molecule has 8 heteroatoms. The van der Waals surface area contributed by atoms with E-state index in [1.54, 1.807) is 48.5 Å². The van der Waals surface area contributed by atoms with Gasteiger partial charge in [-0.05, 0) is 56.2 Å². The van der Waals surface area contributed by atoms with Crippen molar-refractivity contribution in [2.75, 3.05) is 4.90 Å². The first kappa shape index (κ1) is 21.0. The second-order valence-electron chi connectivity index (χ2n) is 7.85. The van der Waals surface area contributed by atoms with E-state index in [0.717, 1.165) is 23.3 Å². The van der Waals surface area contributed by atoms with Gasteiger partial charge in [-0.2, -0.15) is 4.31 Å². The molecule has 2 aromatic rings. The van der Waals surface area contributed by atoms with Crippen LogP contribution in [0.1, 0.15) is 37.7 Å². The van der Waals surface area contributed by atoms with Crippen LogP contribution in [0.3, 0.4) is 0 Å². The van der Waals surface area contributed by atoms with Crippen molar-refractivity contribution in [3.8, 4) is 0 Å². The third-order valence-corrected chi connectivity index (χ3v) is 8.02. The SMILES string of the molecule is Cc1ccc(S(=O)(=O)N(C2CCCC2)C2CC(=O)N(c3ccc(Cl)cc3)C2=O)cc1. The zero-order valence-electron chi connectivity index (χ0n) is 16.6. The van der Waals surface area contributed by atoms with Crippen LogP contribution in [0.15, 0.2) is 53.4 Å². The van der Waals surface area contributed by atoms with Crippen molar-refractivity contribution in [2.45, 2.75) is 56.0 Å². The number of carbonyl (C=O) groups is 2. The number of carbonyl (C=O) groups excluding carboxylic acids is 2. The zero-order valence-corrected chi connectivity index (χ0v) is 18.2. The molecule has 2 aromatic carbocycles. The molecule has 1 unspecified atom stereocenters. The fourth-order valence-corrected chi connectivity index (χ4v) is 6.24. The lowest BCUT2D eigenvalue weighted by molar-refractivity contribution is -0.122. The van der Waals surface area contributed by atoms with E-state index in [1.807, 2.05) is 6.92 Å². The molecule has 0 bridgehead atoms. The van der Waals surface area contributed by atoms with Gasteiger partial charge in [-0.3, -0.25) is 9.59 Å². The average Bonchev–Trinajstić information content (AvgIpc) is 3.32. The van der Waals surface area contributed by atoms with Crippen LogP contribution in [0.2, 0.25) is 5.02 Å². The maximum Gasteiger partial charge on any atom is 0.252 e. The summed E-state index contributed by atoms with van der Waals surface area (Å²) in [5.74, 6) is -0.917. The molecule has 0 spiro atoms. The Morgan fingerprint density at radius 2 is 1.57 bits per heavy atom. The van der Waals surface area contributed by atoms with E-state index >= 15 is 0 Å². The van der Waals surface area contributed by atoms with E-state index in [1.165, 1.54) is 4.31 Å². The van der Waals surface area contributed by atoms with Gasteiger partial charge in [0.1, 0.15) is 6.04 Å². The molecule has 1 atom stereocenters. The topological polar surface area (TPSA) is 74.8 Å². The van der Waals surface area contributed by atoms with E-state index in [0.29, 0.717) is 23.6 Å². The summed E-state index contributed by atoms with van der Waals surface area (Å²) < 4.78 is 28.5. The van der Waals surface area contributed by atoms with Crippen molar-refractivity contribution in [3.63, 3.8) is 0 Å². The first-order valence-electron chi connectivity index (χ1n) is 10.0. The van der Waals surface area contributed by atoms with E-state index in [4.69, 9.17) is 11.6 Å². The fourth-order valence-electron chi connectivity index (χ4n) is 4.29. The predicted octanol–water partition coefficient (Wildman–Crippen LogP) is 3.91. The van der Waals surface area contributed by atoms with Gasteiger partial charge >= 0.3 is 0 Å². The van der Waals surface area contributed by atoms with Gasteiger partial charge in [0.05, 0.1) is 17.0 Å². The molecular formula is C22H23ClN2O4S. The quantitative estimate of drug-likeness (QED) is 0.652. The van der Waals surface area contributed by atoms with E-state index in [-0.39, 0.29) is 17.4 Å². The maximum absolute atomic E-state index is 13.6. The molecule has 1 aliphatic heterocycles. The molecular weight excluding hydrogens is 424 g/mol. The van der Waals surface area contributed by atoms with Crippen LogP contribution >= 0.6 is 11.6 Å². The summed E-state index contributed by atoms with van der Waals surface area (Å²) in [6.07, 6.45) is 3.01. The summed E-state index contributed by atoms with van der Waals surface area (Å²) in [5.41, 5.74) is 1.35. The van der Waals surface area contributed by atoms with Gasteiger partial charge in [-0.25, -0.2) is 13.3 Å². The van der Waals surface area contributed by atoms with Crippen molar-refractivity contribution in [1.82, 2.24) is 4.31 Å². The minimum Gasteiger partial charge on any atom is -0.274 e. The summed E-state index contributed by atoms with van der Waals surface area (Å²) >= 11 is 5.92. The Balaban J connectivity index is 1.73. The molecule has 1 heterocycles. The number of amides is 2. The van der Waals surface area contributed by atoms with E-state index < -0.39 is 27.9 Å². The minimum absolute atomic E-state index is 0.144. The molecule has 30 heavy (non-hydrogen) atoms. The third-order valence-electron chi connectivity index (χ3n) is 5.80. The van der Waals surface area contributed by atoms with Gasteiger partial charge in [-0.15, -0.1) is 0 Å². The Hall–Kier alpha value is -2.22. The van der Waals surface area contributed by atoms with Gasteiger partial charge in [-0.1, -0.05) is 42.1 Å². The van der Waals surface area contributed by atoms with Gasteiger partial charge < -0.3 is 0 Å². The normalized spacial score (nSPS) is 20.5. The summed E-state index contributed by atoms with van der Waals surface area (Å²) in [5, 5.41) is 0.490. The van der Waals surface area contributed by atoms with Crippen LogP contribution in [-0.2, 0) is 19.6 Å². The number of benzene rings is 2. The highest BCUT2D eigenvalue weighted by Crippen LogP contribution is 2.35. The van der Waals surface area contributed by atoms with Crippen molar-refractivity contribution in [3.05, 3.63) is 59.1 Å². The molecule has 2 fully saturated rings. The zero-order chi connectivity index (χ0) is 21.5. The van der Waals surface area contributed by atoms with E-state index in [2.05, 4.69) is 0 Å². The number of hydrogen-bond acceptors (Lipinski definition) is 4. The standard InChI is InChI=1S/C22H23ClN2O4S/c1-15-6-12-19(13-7-15)30(28,29)25(18-4-2-3-5-18)20-14-21(26)24(22(20)27)17-10-8-16(23)9-11-17/h6-13,18,20H,2-5,14H2,1H3. The number of aryl methyl sites for hydroxylation is 1. The van der Waals surface area contributed by atoms with Gasteiger partial charge in [0, 0.05) is 11.1 Å². The summed E-state index contributed by atoms with van der Waals surface area (Å²) in [7, 11) is -3.94. The van der Waals surface area contributed by atoms with Gasteiger partial charge in [0.15, 0.2) is 0 Å². The van der Waals surface area contributed by atoms with Crippen molar-refractivity contribution in [1.29, 1.82) is 0 Å². The lowest BCUT2D eigenvalue weighted by Crippen LogP contribution is -2.49. The molecule has 1 saturated carbocycles. The number of anilines is 1. The number of sulfonamides is 1. The first-order chi connectivity index (χ1) is 14.3. The highest BCUT2D eigenvalue weighted by molar-refractivity contribution is 7.89. The van der Waals surface area contributed by atoms with Crippen molar-refractivity contribution < 1.29 is 18.0 Å². The Morgan fingerprint density at radius 1 is 0.967 bits per heavy atom. The molecule has 6 nitrogen and oxygen atoms in total. The molecule has 1 saturated heterocycles. The van der Waals surface area contributed by atoms with Crippen LogP contribution < -0.4 is 4.90 Å². The Labute approximate surface area is 181 Å². The molecule has 4 rings (SSSR count). The highest BCUT2D eigenvalue weighted by Gasteiger charge is 2.49. The van der Waals surface area contributed by atoms with Crippen LogP contribution in [-0.4, -0.2) is 36.6 Å². The largest absolute Gasteiger partial charge is 0.274 e. The lowest BCUT2D eigenvalue weighted by atomic mass is 10.2. The molecule has 2 amide bonds. The molecule has 0 aromatic heterocycles. The van der Waals surface area contributed by atoms with Crippen molar-refractivity contribution >= 4 is 39.1 Å². The molecule has 158 valence electrons. The monoisotopic (exact) mass is 446 g/mol. The number of rotatable bonds is 5. The number of halogens is 1.